The molecule has 4 heteroatoms. The van der Waals surface area contributed by atoms with Gasteiger partial charge in [0.1, 0.15) is 5.78 Å². The van der Waals surface area contributed by atoms with E-state index in [2.05, 4.69) is 26.1 Å². The summed E-state index contributed by atoms with van der Waals surface area (Å²) in [5.41, 5.74) is 0.480. The Hall–Kier alpha value is -0.900. The molecule has 0 aromatic carbocycles. The van der Waals surface area contributed by atoms with Crippen LogP contribution in [-0.2, 0) is 9.59 Å². The summed E-state index contributed by atoms with van der Waals surface area (Å²) >= 11 is 0. The van der Waals surface area contributed by atoms with Gasteiger partial charge in [-0.2, -0.15) is 0 Å². The molecule has 4 aliphatic rings. The number of rotatable bonds is 16. The van der Waals surface area contributed by atoms with Crippen LogP contribution in [0, 0.1) is 40.4 Å². The van der Waals surface area contributed by atoms with Crippen molar-refractivity contribution in [1.29, 1.82) is 0 Å². The highest BCUT2D eigenvalue weighted by atomic mass is 16.3. The van der Waals surface area contributed by atoms with Crippen molar-refractivity contribution in [3.05, 3.63) is 0 Å². The van der Waals surface area contributed by atoms with Gasteiger partial charge in [-0.1, -0.05) is 91.4 Å². The van der Waals surface area contributed by atoms with Crippen molar-refractivity contribution >= 4 is 11.7 Å². The molecule has 4 nitrogen and oxygen atoms in total. The third kappa shape index (κ3) is 7.54. The number of aliphatic hydroxyl groups excluding tert-OH is 1. The van der Waals surface area contributed by atoms with E-state index in [0.717, 1.165) is 62.8 Å². The Morgan fingerprint density at radius 2 is 1.52 bits per heavy atom. The molecule has 0 spiro atoms. The highest BCUT2D eigenvalue weighted by Gasteiger charge is 2.62. The first-order chi connectivity index (χ1) is 19.3. The Balaban J connectivity index is 1.14. The number of unbranched alkanes of at least 4 members (excludes halogenated alkanes) is 10. The highest BCUT2D eigenvalue weighted by molar-refractivity contribution is 5.79. The minimum absolute atomic E-state index is 0.106. The average Bonchev–Trinajstić information content (AvgIpc) is 3.24. The molecule has 0 bridgehead atoms. The molecule has 40 heavy (non-hydrogen) atoms. The lowest BCUT2D eigenvalue weighted by Crippen LogP contribution is -2.57. The lowest BCUT2D eigenvalue weighted by molar-refractivity contribution is -0.156. The van der Waals surface area contributed by atoms with E-state index in [1.165, 1.54) is 96.3 Å². The van der Waals surface area contributed by atoms with Gasteiger partial charge in [-0.05, 0) is 91.8 Å². The number of carbonyl (C=O) groups is 2. The summed E-state index contributed by atoms with van der Waals surface area (Å²) in [6.07, 6.45) is 25.6. The first kappa shape index (κ1) is 32.0. The van der Waals surface area contributed by atoms with Crippen molar-refractivity contribution in [2.75, 3.05) is 6.54 Å². The Labute approximate surface area is 246 Å². The summed E-state index contributed by atoms with van der Waals surface area (Å²) in [6, 6.07) is 0. The zero-order chi connectivity index (χ0) is 28.6. The number of amides is 1. The lowest BCUT2D eigenvalue weighted by atomic mass is 9.42. The van der Waals surface area contributed by atoms with E-state index in [1.807, 2.05) is 0 Å². The van der Waals surface area contributed by atoms with Crippen molar-refractivity contribution in [3.63, 3.8) is 0 Å². The predicted octanol–water partition coefficient (Wildman–Crippen LogP) is 8.78. The second-order valence-electron chi connectivity index (χ2n) is 15.1. The molecule has 1 amide bonds. The monoisotopic (exact) mass is 557 g/mol. The van der Waals surface area contributed by atoms with E-state index >= 15 is 0 Å². The molecule has 8 atom stereocenters. The van der Waals surface area contributed by atoms with Crippen LogP contribution in [0.25, 0.3) is 0 Å². The summed E-state index contributed by atoms with van der Waals surface area (Å²) in [5, 5.41) is 14.0. The number of hydrogen-bond donors (Lipinski definition) is 2. The van der Waals surface area contributed by atoms with E-state index < -0.39 is 0 Å². The minimum Gasteiger partial charge on any atom is -0.393 e. The maximum Gasteiger partial charge on any atom is 0.219 e. The fourth-order valence-electron chi connectivity index (χ4n) is 10.1. The summed E-state index contributed by atoms with van der Waals surface area (Å²) < 4.78 is 0. The average molecular weight is 558 g/mol. The molecule has 0 saturated heterocycles. The van der Waals surface area contributed by atoms with Crippen LogP contribution < -0.4 is 5.32 Å². The van der Waals surface area contributed by atoms with Crippen LogP contribution in [0.2, 0.25) is 0 Å². The van der Waals surface area contributed by atoms with Gasteiger partial charge in [0.15, 0.2) is 0 Å². The third-order valence-electron chi connectivity index (χ3n) is 12.7. The fourth-order valence-corrected chi connectivity index (χ4v) is 10.1. The van der Waals surface area contributed by atoms with Crippen LogP contribution in [0.1, 0.15) is 162 Å². The Bertz CT molecular complexity index is 812. The molecule has 0 aromatic heterocycles. The van der Waals surface area contributed by atoms with Gasteiger partial charge in [0.05, 0.1) is 6.10 Å². The second-order valence-corrected chi connectivity index (χ2v) is 15.1. The van der Waals surface area contributed by atoms with Gasteiger partial charge in [-0.15, -0.1) is 0 Å². The van der Waals surface area contributed by atoms with Gasteiger partial charge in [0.2, 0.25) is 5.91 Å². The molecule has 4 saturated carbocycles. The van der Waals surface area contributed by atoms with Gasteiger partial charge in [0, 0.05) is 25.8 Å². The van der Waals surface area contributed by atoms with Gasteiger partial charge >= 0.3 is 0 Å². The van der Waals surface area contributed by atoms with Crippen molar-refractivity contribution in [1.82, 2.24) is 5.32 Å². The molecular formula is C36H63NO3. The van der Waals surface area contributed by atoms with E-state index in [1.54, 1.807) is 0 Å². The molecular weight excluding hydrogens is 494 g/mol. The van der Waals surface area contributed by atoms with Crippen LogP contribution in [0.3, 0.4) is 0 Å². The van der Waals surface area contributed by atoms with Crippen molar-refractivity contribution < 1.29 is 14.7 Å². The second kappa shape index (κ2) is 15.0. The van der Waals surface area contributed by atoms with E-state index in [9.17, 15) is 14.7 Å². The van der Waals surface area contributed by atoms with Crippen LogP contribution in [0.15, 0.2) is 0 Å². The van der Waals surface area contributed by atoms with Gasteiger partial charge in [-0.25, -0.2) is 0 Å². The van der Waals surface area contributed by atoms with E-state index in [-0.39, 0.29) is 17.4 Å². The van der Waals surface area contributed by atoms with Crippen molar-refractivity contribution in [3.8, 4) is 0 Å². The summed E-state index contributed by atoms with van der Waals surface area (Å²) in [4.78, 5) is 24.4. The van der Waals surface area contributed by atoms with Crippen LogP contribution in [-0.4, -0.2) is 29.4 Å². The molecule has 0 aromatic rings. The normalized spacial score (nSPS) is 37.0. The fraction of sp³-hybridized carbons (Fsp3) is 0.944. The zero-order valence-electron chi connectivity index (χ0n) is 26.5. The van der Waals surface area contributed by atoms with Crippen molar-refractivity contribution in [2.24, 2.45) is 40.4 Å². The van der Waals surface area contributed by atoms with Crippen LogP contribution in [0.4, 0.5) is 0 Å². The first-order valence-corrected chi connectivity index (χ1v) is 17.8. The first-order valence-electron chi connectivity index (χ1n) is 17.8. The number of nitrogens with one attached hydrogen (secondary N) is 1. The molecule has 4 aliphatic carbocycles. The molecule has 3 unspecified atom stereocenters. The molecule has 2 N–H and O–H groups in total. The highest BCUT2D eigenvalue weighted by Crippen LogP contribution is 2.67. The van der Waals surface area contributed by atoms with Crippen molar-refractivity contribution in [2.45, 2.75) is 168 Å². The summed E-state index contributed by atoms with van der Waals surface area (Å²) in [7, 11) is 0. The number of fused-ring (bicyclic) bond motifs is 5. The quantitative estimate of drug-likeness (QED) is 0.186. The lowest BCUT2D eigenvalue weighted by Gasteiger charge is -2.62. The summed E-state index contributed by atoms with van der Waals surface area (Å²) in [5.74, 6) is 4.33. The molecule has 230 valence electrons. The van der Waals surface area contributed by atoms with E-state index in [0.29, 0.717) is 29.5 Å². The van der Waals surface area contributed by atoms with Crippen LogP contribution in [0.5, 0.6) is 0 Å². The van der Waals surface area contributed by atoms with E-state index in [4.69, 9.17) is 0 Å². The zero-order valence-corrected chi connectivity index (χ0v) is 26.5. The SMILES string of the molecule is CCCCCNC(=O)CCCCCCCCCCCC1CC2CC(=O)CC[C@]2(C)[C@@H]2CC[C@]3(C)C(O)CC[C@H]3[C@H]12. The van der Waals surface area contributed by atoms with Gasteiger partial charge < -0.3 is 10.4 Å². The molecule has 4 fully saturated rings. The Morgan fingerprint density at radius 1 is 0.850 bits per heavy atom. The molecule has 0 heterocycles. The van der Waals surface area contributed by atoms with Gasteiger partial charge in [0.25, 0.3) is 0 Å². The number of aliphatic hydroxyl groups is 1. The standard InChI is InChI=1S/C36H63NO3/c1-4-5-15-24-37-33(40)17-14-12-10-8-6-7-9-11-13-16-27-25-28-26-29(38)20-22-35(28,2)31-21-23-36(3)30(34(27)31)18-19-32(36)39/h27-28,30-32,34,39H,4-26H2,1-3H3,(H,37,40)/t27?,28?,30-,31+,32?,34-,35-,36-/m0/s1. The number of carbonyl (C=O) groups excluding carboxylic acids is 2. The smallest absolute Gasteiger partial charge is 0.219 e. The molecule has 4 rings (SSSR count). The Morgan fingerprint density at radius 3 is 2.25 bits per heavy atom. The predicted molar refractivity (Wildman–Crippen MR) is 165 cm³/mol. The Kier molecular flexibility index (Phi) is 12.0. The third-order valence-corrected chi connectivity index (χ3v) is 12.7. The summed E-state index contributed by atoms with van der Waals surface area (Å²) in [6.45, 7) is 7.99. The molecule has 0 radical (unpaired) electrons. The number of Topliss-reactive ketones (excluding diaryl/α,β-unsaturated/α-hetero) is 1. The number of ketones is 1. The van der Waals surface area contributed by atoms with Gasteiger partial charge in [-0.3, -0.25) is 9.59 Å². The number of hydrogen-bond acceptors (Lipinski definition) is 3. The molecule has 0 aliphatic heterocycles. The maximum absolute atomic E-state index is 12.5. The minimum atomic E-state index is -0.106. The van der Waals surface area contributed by atoms with Crippen LogP contribution >= 0.6 is 0 Å². The topological polar surface area (TPSA) is 66.4 Å². The maximum atomic E-state index is 12.5. The largest absolute Gasteiger partial charge is 0.393 e.